The molecule has 1 atom stereocenters. The minimum absolute atomic E-state index is 0.0833. The molecule has 1 fully saturated rings. The Bertz CT molecular complexity index is 432. The van der Waals surface area contributed by atoms with Gasteiger partial charge in [-0.25, -0.2) is 4.98 Å². The first-order chi connectivity index (χ1) is 9.20. The quantitative estimate of drug-likeness (QED) is 0.841. The maximum absolute atomic E-state index is 12.2. The Morgan fingerprint density at radius 1 is 1.37 bits per heavy atom. The molecule has 6 heteroatoms. The normalized spacial score (nSPS) is 16.8. The molecule has 2 heterocycles. The topological polar surface area (TPSA) is 66.5 Å². The van der Waals surface area contributed by atoms with Crippen molar-refractivity contribution in [2.75, 3.05) is 44.0 Å². The minimum Gasteiger partial charge on any atom is -0.378 e. The molecule has 0 bridgehead atoms. The second kappa shape index (κ2) is 6.38. The Morgan fingerprint density at radius 2 is 2.05 bits per heavy atom. The number of carbonyl (C=O) groups excluding carboxylic acids is 1. The van der Waals surface area contributed by atoms with Crippen LogP contribution in [-0.4, -0.2) is 55.2 Å². The average Bonchev–Trinajstić information content (AvgIpc) is 2.47. The largest absolute Gasteiger partial charge is 0.378 e. The summed E-state index contributed by atoms with van der Waals surface area (Å²) >= 11 is 0. The molecule has 1 aromatic heterocycles. The second-order valence-corrected chi connectivity index (χ2v) is 4.46. The lowest BCUT2D eigenvalue weighted by Gasteiger charge is -2.29. The number of nitrogens with zero attached hydrogens (tertiary/aromatic N) is 2. The summed E-state index contributed by atoms with van der Waals surface area (Å²) in [7, 11) is 1.81. The lowest BCUT2D eigenvalue weighted by Crippen LogP contribution is -2.47. The van der Waals surface area contributed by atoms with E-state index in [1.807, 2.05) is 37.1 Å². The summed E-state index contributed by atoms with van der Waals surface area (Å²) in [5.41, 5.74) is 0. The van der Waals surface area contributed by atoms with Crippen molar-refractivity contribution in [1.82, 2.24) is 9.88 Å². The molecular formula is C13H20N4O2. The number of ether oxygens (including phenoxy) is 1. The highest BCUT2D eigenvalue weighted by Gasteiger charge is 2.22. The van der Waals surface area contributed by atoms with Crippen LogP contribution in [0.15, 0.2) is 18.2 Å². The molecule has 0 spiro atoms. The number of carbonyl (C=O) groups is 1. The van der Waals surface area contributed by atoms with Gasteiger partial charge in [0.1, 0.15) is 17.7 Å². The van der Waals surface area contributed by atoms with E-state index in [0.717, 1.165) is 5.82 Å². The number of hydrogen-bond donors (Lipinski definition) is 2. The predicted octanol–water partition coefficient (Wildman–Crippen LogP) is 0.782. The van der Waals surface area contributed by atoms with Crippen LogP contribution in [0.4, 0.5) is 11.6 Å². The number of aromatic nitrogens is 1. The fourth-order valence-corrected chi connectivity index (χ4v) is 2.00. The molecule has 1 aromatic rings. The van der Waals surface area contributed by atoms with Crippen molar-refractivity contribution in [2.24, 2.45) is 0 Å². The molecule has 104 valence electrons. The minimum atomic E-state index is -0.294. The first kappa shape index (κ1) is 13.6. The van der Waals surface area contributed by atoms with E-state index in [1.54, 1.807) is 0 Å². The standard InChI is InChI=1S/C13H20N4O2/c1-10(13(18)17-6-8-19-9-7-17)15-12-5-3-4-11(14-2)16-12/h3-5,10H,6-9H2,1-2H3,(H2,14,15,16). The molecule has 0 aliphatic carbocycles. The number of nitrogens with one attached hydrogen (secondary N) is 2. The summed E-state index contributed by atoms with van der Waals surface area (Å²) in [6.07, 6.45) is 0. The van der Waals surface area contributed by atoms with E-state index in [0.29, 0.717) is 32.1 Å². The molecule has 19 heavy (non-hydrogen) atoms. The van der Waals surface area contributed by atoms with Gasteiger partial charge in [0.25, 0.3) is 0 Å². The number of hydrogen-bond acceptors (Lipinski definition) is 5. The van der Waals surface area contributed by atoms with Gasteiger partial charge in [-0.2, -0.15) is 0 Å². The van der Waals surface area contributed by atoms with Crippen LogP contribution < -0.4 is 10.6 Å². The number of anilines is 2. The molecule has 0 radical (unpaired) electrons. The molecule has 1 saturated heterocycles. The van der Waals surface area contributed by atoms with Gasteiger partial charge in [-0.05, 0) is 19.1 Å². The number of pyridine rings is 1. The van der Waals surface area contributed by atoms with Gasteiger partial charge in [-0.3, -0.25) is 4.79 Å². The van der Waals surface area contributed by atoms with E-state index in [9.17, 15) is 4.79 Å². The van der Waals surface area contributed by atoms with Crippen molar-refractivity contribution in [3.63, 3.8) is 0 Å². The fourth-order valence-electron chi connectivity index (χ4n) is 2.00. The molecule has 0 saturated carbocycles. The second-order valence-electron chi connectivity index (χ2n) is 4.46. The van der Waals surface area contributed by atoms with Gasteiger partial charge >= 0.3 is 0 Å². The molecule has 1 unspecified atom stereocenters. The zero-order valence-electron chi connectivity index (χ0n) is 11.3. The van der Waals surface area contributed by atoms with Crippen LogP contribution in [-0.2, 0) is 9.53 Å². The van der Waals surface area contributed by atoms with Gasteiger partial charge in [-0.15, -0.1) is 0 Å². The van der Waals surface area contributed by atoms with E-state index in [2.05, 4.69) is 15.6 Å². The van der Waals surface area contributed by atoms with Gasteiger partial charge in [0.2, 0.25) is 5.91 Å². The molecule has 1 amide bonds. The number of morpholine rings is 1. The van der Waals surface area contributed by atoms with E-state index < -0.39 is 0 Å². The van der Waals surface area contributed by atoms with E-state index in [-0.39, 0.29) is 11.9 Å². The molecule has 1 aliphatic heterocycles. The van der Waals surface area contributed by atoms with Gasteiger partial charge in [-0.1, -0.05) is 6.07 Å². The highest BCUT2D eigenvalue weighted by molar-refractivity contribution is 5.84. The Hall–Kier alpha value is -1.82. The summed E-state index contributed by atoms with van der Waals surface area (Å²) in [6, 6.07) is 5.33. The predicted molar refractivity (Wildman–Crippen MR) is 74.3 cm³/mol. The van der Waals surface area contributed by atoms with Gasteiger partial charge < -0.3 is 20.3 Å². The molecule has 2 N–H and O–H groups in total. The Morgan fingerprint density at radius 3 is 2.74 bits per heavy atom. The van der Waals surface area contributed by atoms with Gasteiger partial charge in [0.05, 0.1) is 13.2 Å². The summed E-state index contributed by atoms with van der Waals surface area (Å²) in [4.78, 5) is 18.4. The van der Waals surface area contributed by atoms with Crippen LogP contribution in [0.25, 0.3) is 0 Å². The Labute approximate surface area is 113 Å². The smallest absolute Gasteiger partial charge is 0.244 e. The zero-order valence-corrected chi connectivity index (χ0v) is 11.3. The van der Waals surface area contributed by atoms with Crippen LogP contribution in [0.2, 0.25) is 0 Å². The van der Waals surface area contributed by atoms with Crippen LogP contribution in [0.1, 0.15) is 6.92 Å². The van der Waals surface area contributed by atoms with Crippen LogP contribution in [0, 0.1) is 0 Å². The molecule has 6 nitrogen and oxygen atoms in total. The van der Waals surface area contributed by atoms with Crippen LogP contribution in [0.5, 0.6) is 0 Å². The molecule has 1 aliphatic rings. The maximum atomic E-state index is 12.2. The lowest BCUT2D eigenvalue weighted by molar-refractivity contribution is -0.135. The van der Waals surface area contributed by atoms with Crippen molar-refractivity contribution in [2.45, 2.75) is 13.0 Å². The molecule has 2 rings (SSSR count). The number of rotatable bonds is 4. The van der Waals surface area contributed by atoms with Crippen LogP contribution >= 0.6 is 0 Å². The van der Waals surface area contributed by atoms with E-state index in [1.165, 1.54) is 0 Å². The Kier molecular flexibility index (Phi) is 4.57. The third-order valence-corrected chi connectivity index (χ3v) is 3.06. The average molecular weight is 264 g/mol. The van der Waals surface area contributed by atoms with Crippen molar-refractivity contribution in [1.29, 1.82) is 0 Å². The summed E-state index contributed by atoms with van der Waals surface area (Å²) in [6.45, 7) is 4.41. The third-order valence-electron chi connectivity index (χ3n) is 3.06. The summed E-state index contributed by atoms with van der Waals surface area (Å²) in [5, 5.41) is 6.10. The number of amides is 1. The SMILES string of the molecule is CNc1cccc(NC(C)C(=O)N2CCOCC2)n1. The van der Waals surface area contributed by atoms with Gasteiger partial charge in [0, 0.05) is 20.1 Å². The van der Waals surface area contributed by atoms with Crippen molar-refractivity contribution >= 4 is 17.5 Å². The fraction of sp³-hybridized carbons (Fsp3) is 0.538. The Balaban J connectivity index is 1.95. The monoisotopic (exact) mass is 264 g/mol. The van der Waals surface area contributed by atoms with E-state index in [4.69, 9.17) is 4.74 Å². The first-order valence-corrected chi connectivity index (χ1v) is 6.48. The molecule has 0 aromatic carbocycles. The zero-order chi connectivity index (χ0) is 13.7. The van der Waals surface area contributed by atoms with Crippen molar-refractivity contribution in [3.8, 4) is 0 Å². The third kappa shape index (κ3) is 3.57. The summed E-state index contributed by atoms with van der Waals surface area (Å²) < 4.78 is 5.24. The van der Waals surface area contributed by atoms with E-state index >= 15 is 0 Å². The van der Waals surface area contributed by atoms with Crippen LogP contribution in [0.3, 0.4) is 0 Å². The lowest BCUT2D eigenvalue weighted by atomic mass is 10.2. The first-order valence-electron chi connectivity index (χ1n) is 6.48. The maximum Gasteiger partial charge on any atom is 0.244 e. The molecular weight excluding hydrogens is 244 g/mol. The van der Waals surface area contributed by atoms with Crippen molar-refractivity contribution < 1.29 is 9.53 Å². The van der Waals surface area contributed by atoms with Gasteiger partial charge in [0.15, 0.2) is 0 Å². The van der Waals surface area contributed by atoms with Crippen molar-refractivity contribution in [3.05, 3.63) is 18.2 Å². The highest BCUT2D eigenvalue weighted by Crippen LogP contribution is 2.11. The summed E-state index contributed by atoms with van der Waals surface area (Å²) in [5.74, 6) is 1.55. The highest BCUT2D eigenvalue weighted by atomic mass is 16.5.